The van der Waals surface area contributed by atoms with Gasteiger partial charge in [-0.05, 0) is 20.8 Å². The minimum absolute atomic E-state index is 0.123. The minimum Gasteiger partial charge on any atom is -0.314 e. The summed E-state index contributed by atoms with van der Waals surface area (Å²) in [6, 6.07) is 0. The third-order valence-corrected chi connectivity index (χ3v) is 3.52. The smallest absolute Gasteiger partial charge is 0.0716 e. The summed E-state index contributed by atoms with van der Waals surface area (Å²) in [6.45, 7) is 20.7. The van der Waals surface area contributed by atoms with Crippen molar-refractivity contribution < 1.29 is 0 Å². The molecule has 112 valence electrons. The highest BCUT2D eigenvalue weighted by Crippen LogP contribution is 2.32. The van der Waals surface area contributed by atoms with E-state index in [1.807, 2.05) is 0 Å². The zero-order chi connectivity index (χ0) is 15.3. The van der Waals surface area contributed by atoms with E-state index < -0.39 is 6.15 Å². The Morgan fingerprint density at radius 1 is 0.737 bits per heavy atom. The summed E-state index contributed by atoms with van der Waals surface area (Å²) < 4.78 is 0. The van der Waals surface area contributed by atoms with Gasteiger partial charge in [-0.1, -0.05) is 59.3 Å². The molecule has 0 aliphatic carbocycles. The lowest BCUT2D eigenvalue weighted by Gasteiger charge is -2.40. The first-order chi connectivity index (χ1) is 8.46. The highest BCUT2D eigenvalue weighted by molar-refractivity contribution is 6.87. The Balaban J connectivity index is 5.38. The van der Waals surface area contributed by atoms with Gasteiger partial charge < -0.3 is 5.82 Å². The Morgan fingerprint density at radius 3 is 1.26 bits per heavy atom. The van der Waals surface area contributed by atoms with Crippen LogP contribution >= 0.6 is 0 Å². The second kappa shape index (κ2) is 7.42. The Bertz CT molecular complexity index is 280. The Kier molecular flexibility index (Phi) is 7.27. The zero-order valence-electron chi connectivity index (χ0n) is 14.9. The summed E-state index contributed by atoms with van der Waals surface area (Å²) >= 11 is 0. The van der Waals surface area contributed by atoms with E-state index in [1.54, 1.807) is 0 Å². The molecule has 0 rings (SSSR count). The molecule has 0 aliphatic rings. The van der Waals surface area contributed by atoms with E-state index >= 15 is 0 Å². The van der Waals surface area contributed by atoms with Crippen molar-refractivity contribution in [2.24, 2.45) is 23.2 Å². The summed E-state index contributed by atoms with van der Waals surface area (Å²) in [6.07, 6.45) is 3.33. The first-order valence-electron chi connectivity index (χ1n) is 8.20. The minimum atomic E-state index is -0.538. The molecule has 0 spiro atoms. The predicted octanol–water partition coefficient (Wildman–Crippen LogP) is 5.99. The van der Waals surface area contributed by atoms with E-state index in [0.29, 0.717) is 0 Å². The van der Waals surface area contributed by atoms with Gasteiger partial charge in [0.1, 0.15) is 0 Å². The second-order valence-corrected chi connectivity index (χ2v) is 8.89. The molecule has 0 radical (unpaired) electrons. The van der Waals surface area contributed by atoms with Crippen LogP contribution in [-0.4, -0.2) is 6.15 Å². The highest BCUT2D eigenvalue weighted by atomic mass is 14.1. The van der Waals surface area contributed by atoms with Gasteiger partial charge in [-0.25, -0.2) is 0 Å². The first-order valence-corrected chi connectivity index (χ1v) is 8.20. The third kappa shape index (κ3) is 9.20. The van der Waals surface area contributed by atoms with Crippen molar-refractivity contribution in [3.8, 4) is 11.7 Å². The van der Waals surface area contributed by atoms with Gasteiger partial charge in [0.05, 0.1) is 6.15 Å². The van der Waals surface area contributed by atoms with E-state index in [9.17, 15) is 0 Å². The van der Waals surface area contributed by atoms with Gasteiger partial charge >= 0.3 is 0 Å². The maximum Gasteiger partial charge on any atom is 0.0716 e. The topological polar surface area (TPSA) is 0 Å². The van der Waals surface area contributed by atoms with Crippen LogP contribution in [0, 0.1) is 34.9 Å². The average molecular weight is 263 g/mol. The summed E-state index contributed by atoms with van der Waals surface area (Å²) in [5.74, 6) is 9.56. The largest absolute Gasteiger partial charge is 0.314 e. The first kappa shape index (κ1) is 18.6. The fraction of sp³-hybridized carbons (Fsp3) is 0.889. The summed E-state index contributed by atoms with van der Waals surface area (Å²) in [4.78, 5) is 0. The average Bonchev–Trinajstić information content (AvgIpc) is 2.09. The quantitative estimate of drug-likeness (QED) is 0.407. The standard InChI is InChI=1S/C18H36B/c1-15(2)12-19(13-16(3)4,14-17(5)6)11-10-18(7,8)9/h15-17H,12-14H2,1-9H3/q-1. The van der Waals surface area contributed by atoms with Crippen molar-refractivity contribution in [2.45, 2.75) is 81.3 Å². The molecule has 1 heteroatoms. The van der Waals surface area contributed by atoms with Gasteiger partial charge in [-0.3, -0.25) is 0 Å². The maximum absolute atomic E-state index is 3.78. The van der Waals surface area contributed by atoms with Crippen LogP contribution in [0.4, 0.5) is 0 Å². The van der Waals surface area contributed by atoms with Crippen LogP contribution in [0.1, 0.15) is 62.3 Å². The molecule has 0 aliphatic heterocycles. The molecule has 0 unspecified atom stereocenters. The zero-order valence-corrected chi connectivity index (χ0v) is 14.9. The number of hydrogen-bond acceptors (Lipinski definition) is 0. The summed E-state index contributed by atoms with van der Waals surface area (Å²) in [5, 5.41) is 0. The van der Waals surface area contributed by atoms with E-state index in [1.165, 1.54) is 19.0 Å². The lowest BCUT2D eigenvalue weighted by molar-refractivity contribution is 0.570. The fourth-order valence-corrected chi connectivity index (χ4v) is 3.54. The van der Waals surface area contributed by atoms with Crippen LogP contribution in [0.3, 0.4) is 0 Å². The van der Waals surface area contributed by atoms with Gasteiger partial charge in [-0.15, -0.1) is 5.92 Å². The molecular weight excluding hydrogens is 227 g/mol. The van der Waals surface area contributed by atoms with Crippen LogP contribution in [0.2, 0.25) is 19.0 Å². The number of hydrogen-bond donors (Lipinski definition) is 0. The van der Waals surface area contributed by atoms with Gasteiger partial charge in [0.2, 0.25) is 0 Å². The van der Waals surface area contributed by atoms with E-state index in [4.69, 9.17) is 0 Å². The summed E-state index contributed by atoms with van der Waals surface area (Å²) in [5.41, 5.74) is 0.123. The maximum atomic E-state index is 3.78. The van der Waals surface area contributed by atoms with Crippen molar-refractivity contribution in [3.05, 3.63) is 0 Å². The Morgan fingerprint density at radius 2 is 1.05 bits per heavy atom. The molecule has 0 nitrogen and oxygen atoms in total. The van der Waals surface area contributed by atoms with Crippen LogP contribution in [0.5, 0.6) is 0 Å². The van der Waals surface area contributed by atoms with Crippen molar-refractivity contribution in [1.29, 1.82) is 0 Å². The molecule has 0 aromatic heterocycles. The highest BCUT2D eigenvalue weighted by Gasteiger charge is 2.26. The van der Waals surface area contributed by atoms with Crippen molar-refractivity contribution >= 4 is 6.15 Å². The molecule has 0 N–H and O–H groups in total. The van der Waals surface area contributed by atoms with Crippen molar-refractivity contribution in [2.75, 3.05) is 0 Å². The molecule has 19 heavy (non-hydrogen) atoms. The lowest BCUT2D eigenvalue weighted by atomic mass is 9.17. The lowest BCUT2D eigenvalue weighted by Crippen LogP contribution is -2.37. The van der Waals surface area contributed by atoms with Gasteiger partial charge in [0, 0.05) is 5.41 Å². The molecule has 0 atom stereocenters. The van der Waals surface area contributed by atoms with Gasteiger partial charge in [-0.2, -0.15) is 19.0 Å². The van der Waals surface area contributed by atoms with Crippen molar-refractivity contribution in [1.82, 2.24) is 0 Å². The third-order valence-electron chi connectivity index (χ3n) is 3.52. The molecule has 0 saturated carbocycles. The molecule has 0 fully saturated rings. The SMILES string of the molecule is CC(C)C[B-](C#CC(C)(C)C)(CC(C)C)CC(C)C. The molecule has 0 aromatic rings. The van der Waals surface area contributed by atoms with Crippen molar-refractivity contribution in [3.63, 3.8) is 0 Å². The van der Waals surface area contributed by atoms with E-state index in [0.717, 1.165) is 17.8 Å². The van der Waals surface area contributed by atoms with Gasteiger partial charge in [0.15, 0.2) is 0 Å². The second-order valence-electron chi connectivity index (χ2n) is 8.89. The van der Waals surface area contributed by atoms with Crippen LogP contribution in [0.15, 0.2) is 0 Å². The molecule has 0 aromatic carbocycles. The molecule has 0 amide bonds. The normalized spacial score (nSPS) is 13.1. The van der Waals surface area contributed by atoms with Crippen LogP contribution in [-0.2, 0) is 0 Å². The Hall–Kier alpha value is -0.375. The Labute approximate surface area is 123 Å². The number of rotatable bonds is 6. The predicted molar refractivity (Wildman–Crippen MR) is 91.9 cm³/mol. The van der Waals surface area contributed by atoms with Gasteiger partial charge in [0.25, 0.3) is 0 Å². The fourth-order valence-electron chi connectivity index (χ4n) is 3.54. The molecule has 0 saturated heterocycles. The van der Waals surface area contributed by atoms with E-state index in [2.05, 4.69) is 74.1 Å². The van der Waals surface area contributed by atoms with Crippen LogP contribution in [0.25, 0.3) is 0 Å². The molecule has 0 bridgehead atoms. The molecular formula is C18H36B-. The monoisotopic (exact) mass is 263 g/mol. The molecule has 0 heterocycles. The van der Waals surface area contributed by atoms with Crippen LogP contribution < -0.4 is 0 Å². The summed E-state index contributed by atoms with van der Waals surface area (Å²) in [7, 11) is 0. The van der Waals surface area contributed by atoms with E-state index in [-0.39, 0.29) is 5.41 Å².